The van der Waals surface area contributed by atoms with Gasteiger partial charge in [-0.25, -0.2) is 0 Å². The summed E-state index contributed by atoms with van der Waals surface area (Å²) in [6.07, 6.45) is 0. The summed E-state index contributed by atoms with van der Waals surface area (Å²) in [5.41, 5.74) is 15.5. The third-order valence-electron chi connectivity index (χ3n) is 10.2. The van der Waals surface area contributed by atoms with Crippen LogP contribution in [0.15, 0.2) is 212 Å². The Labute approximate surface area is 294 Å². The standard InChI is InChI=1S/C49H35N/c1-4-15-36(16-5-1)37-27-31-40(32-28-37)49(47-25-12-10-23-45(47)46-24-11-13-26-48(46)49)41-33-29-38(30-34-41)39-17-14-22-44(35-39)50(42-18-6-2-7-19-42)43-20-8-3-9-21-43/h1-35H. The molecule has 50 heavy (non-hydrogen) atoms. The summed E-state index contributed by atoms with van der Waals surface area (Å²) in [4.78, 5) is 2.32. The first-order valence-corrected chi connectivity index (χ1v) is 17.3. The molecule has 0 atom stereocenters. The van der Waals surface area contributed by atoms with Crippen molar-refractivity contribution in [1.82, 2.24) is 0 Å². The Bertz CT molecular complexity index is 2310. The molecule has 0 heterocycles. The van der Waals surface area contributed by atoms with Gasteiger partial charge >= 0.3 is 0 Å². The van der Waals surface area contributed by atoms with Crippen molar-refractivity contribution < 1.29 is 0 Å². The Morgan fingerprint density at radius 1 is 0.280 bits per heavy atom. The lowest BCUT2D eigenvalue weighted by molar-refractivity contribution is 0.769. The van der Waals surface area contributed by atoms with E-state index < -0.39 is 5.41 Å². The molecule has 0 amide bonds. The molecule has 0 saturated carbocycles. The molecule has 0 saturated heterocycles. The van der Waals surface area contributed by atoms with E-state index in [0.717, 1.165) is 17.1 Å². The second-order valence-corrected chi connectivity index (χ2v) is 12.9. The Morgan fingerprint density at radius 3 is 1.18 bits per heavy atom. The predicted molar refractivity (Wildman–Crippen MR) is 209 cm³/mol. The van der Waals surface area contributed by atoms with Crippen LogP contribution in [0, 0.1) is 0 Å². The molecule has 0 bridgehead atoms. The molecule has 0 radical (unpaired) electrons. The predicted octanol–water partition coefficient (Wildman–Crippen LogP) is 12.9. The summed E-state index contributed by atoms with van der Waals surface area (Å²) < 4.78 is 0. The summed E-state index contributed by atoms with van der Waals surface area (Å²) in [6.45, 7) is 0. The highest BCUT2D eigenvalue weighted by Crippen LogP contribution is 2.56. The number of rotatable bonds is 7. The monoisotopic (exact) mass is 637 g/mol. The first-order valence-electron chi connectivity index (χ1n) is 17.3. The van der Waals surface area contributed by atoms with Crippen molar-refractivity contribution >= 4 is 17.1 Å². The zero-order chi connectivity index (χ0) is 33.3. The van der Waals surface area contributed by atoms with Crippen LogP contribution in [0.25, 0.3) is 33.4 Å². The van der Waals surface area contributed by atoms with Gasteiger partial charge < -0.3 is 4.90 Å². The fourth-order valence-electron chi connectivity index (χ4n) is 7.91. The van der Waals surface area contributed by atoms with E-state index in [2.05, 4.69) is 217 Å². The Hall–Kier alpha value is -6.44. The fourth-order valence-corrected chi connectivity index (χ4v) is 7.91. The summed E-state index contributed by atoms with van der Waals surface area (Å²) >= 11 is 0. The zero-order valence-electron chi connectivity index (χ0n) is 27.7. The highest BCUT2D eigenvalue weighted by molar-refractivity contribution is 5.87. The Balaban J connectivity index is 1.17. The molecule has 0 unspecified atom stereocenters. The maximum absolute atomic E-state index is 2.35. The van der Waals surface area contributed by atoms with Crippen LogP contribution in [-0.2, 0) is 5.41 Å². The van der Waals surface area contributed by atoms with E-state index >= 15 is 0 Å². The summed E-state index contributed by atoms with van der Waals surface area (Å²) in [7, 11) is 0. The molecule has 1 aliphatic carbocycles. The van der Waals surface area contributed by atoms with Gasteiger partial charge in [0, 0.05) is 17.1 Å². The van der Waals surface area contributed by atoms with Crippen molar-refractivity contribution in [2.45, 2.75) is 5.41 Å². The van der Waals surface area contributed by atoms with Crippen LogP contribution in [0.1, 0.15) is 22.3 Å². The Morgan fingerprint density at radius 2 is 0.660 bits per heavy atom. The van der Waals surface area contributed by atoms with Gasteiger partial charge in [0.05, 0.1) is 5.41 Å². The van der Waals surface area contributed by atoms with Gasteiger partial charge in [-0.1, -0.05) is 176 Å². The van der Waals surface area contributed by atoms with E-state index in [4.69, 9.17) is 0 Å². The molecule has 0 aromatic heterocycles. The lowest BCUT2D eigenvalue weighted by Crippen LogP contribution is -2.28. The number of hydrogen-bond acceptors (Lipinski definition) is 1. The van der Waals surface area contributed by atoms with Gasteiger partial charge in [-0.15, -0.1) is 0 Å². The zero-order valence-corrected chi connectivity index (χ0v) is 27.7. The number of fused-ring (bicyclic) bond motifs is 3. The third-order valence-corrected chi connectivity index (χ3v) is 10.2. The SMILES string of the molecule is c1ccc(-c2ccc(C3(c4ccc(-c5cccc(N(c6ccccc6)c6ccccc6)c5)cc4)c4ccccc4-c4ccccc43)cc2)cc1. The summed E-state index contributed by atoms with van der Waals surface area (Å²) in [6, 6.07) is 77.1. The van der Waals surface area contributed by atoms with Gasteiger partial charge in [-0.05, 0) is 92.0 Å². The van der Waals surface area contributed by atoms with E-state index in [1.807, 2.05) is 0 Å². The molecular formula is C49H35N. The van der Waals surface area contributed by atoms with Gasteiger partial charge in [0.25, 0.3) is 0 Å². The molecule has 1 nitrogen and oxygen atoms in total. The molecule has 0 aliphatic heterocycles. The van der Waals surface area contributed by atoms with Gasteiger partial charge in [0.2, 0.25) is 0 Å². The van der Waals surface area contributed by atoms with Gasteiger partial charge in [0.15, 0.2) is 0 Å². The van der Waals surface area contributed by atoms with Crippen LogP contribution in [0.5, 0.6) is 0 Å². The minimum atomic E-state index is -0.444. The maximum Gasteiger partial charge on any atom is 0.0713 e. The molecule has 0 N–H and O–H groups in total. The van der Waals surface area contributed by atoms with E-state index in [1.165, 1.54) is 55.6 Å². The van der Waals surface area contributed by atoms with Gasteiger partial charge in [-0.2, -0.15) is 0 Å². The van der Waals surface area contributed by atoms with E-state index in [-0.39, 0.29) is 0 Å². The second-order valence-electron chi connectivity index (χ2n) is 12.9. The lowest BCUT2D eigenvalue weighted by atomic mass is 9.67. The normalized spacial score (nSPS) is 12.6. The fraction of sp³-hybridized carbons (Fsp3) is 0.0204. The molecule has 8 aromatic rings. The van der Waals surface area contributed by atoms with E-state index in [1.54, 1.807) is 0 Å². The van der Waals surface area contributed by atoms with Crippen LogP contribution in [0.3, 0.4) is 0 Å². The first kappa shape index (κ1) is 29.7. The van der Waals surface area contributed by atoms with Crippen molar-refractivity contribution in [1.29, 1.82) is 0 Å². The topological polar surface area (TPSA) is 3.24 Å². The summed E-state index contributed by atoms with van der Waals surface area (Å²) in [5, 5.41) is 0. The second kappa shape index (κ2) is 12.5. The van der Waals surface area contributed by atoms with Crippen LogP contribution >= 0.6 is 0 Å². The number of hydrogen-bond donors (Lipinski definition) is 0. The highest BCUT2D eigenvalue weighted by atomic mass is 15.1. The third kappa shape index (κ3) is 4.95. The number of para-hydroxylation sites is 2. The van der Waals surface area contributed by atoms with Crippen molar-refractivity contribution in [3.05, 3.63) is 235 Å². The largest absolute Gasteiger partial charge is 0.310 e. The summed E-state index contributed by atoms with van der Waals surface area (Å²) in [5.74, 6) is 0. The highest BCUT2D eigenvalue weighted by Gasteiger charge is 2.45. The molecule has 1 aliphatic rings. The van der Waals surface area contributed by atoms with Crippen LogP contribution in [0.4, 0.5) is 17.1 Å². The van der Waals surface area contributed by atoms with Crippen LogP contribution in [0.2, 0.25) is 0 Å². The van der Waals surface area contributed by atoms with Crippen molar-refractivity contribution in [2.24, 2.45) is 0 Å². The minimum absolute atomic E-state index is 0.444. The van der Waals surface area contributed by atoms with Gasteiger partial charge in [0.1, 0.15) is 0 Å². The molecular weight excluding hydrogens is 603 g/mol. The maximum atomic E-state index is 2.35. The van der Waals surface area contributed by atoms with E-state index in [9.17, 15) is 0 Å². The molecule has 9 rings (SSSR count). The quantitative estimate of drug-likeness (QED) is 0.168. The smallest absolute Gasteiger partial charge is 0.0713 e. The molecule has 236 valence electrons. The average Bonchev–Trinajstić information content (AvgIpc) is 3.51. The average molecular weight is 638 g/mol. The van der Waals surface area contributed by atoms with Crippen molar-refractivity contribution in [3.8, 4) is 33.4 Å². The van der Waals surface area contributed by atoms with Crippen LogP contribution < -0.4 is 4.90 Å². The number of nitrogens with zero attached hydrogens (tertiary/aromatic N) is 1. The van der Waals surface area contributed by atoms with Crippen LogP contribution in [-0.4, -0.2) is 0 Å². The molecule has 1 heteroatoms. The molecule has 8 aromatic carbocycles. The first-order chi connectivity index (χ1) is 24.8. The van der Waals surface area contributed by atoms with E-state index in [0.29, 0.717) is 0 Å². The number of anilines is 3. The van der Waals surface area contributed by atoms with Crippen molar-refractivity contribution in [3.63, 3.8) is 0 Å². The van der Waals surface area contributed by atoms with Gasteiger partial charge in [-0.3, -0.25) is 0 Å². The number of benzene rings is 8. The molecule has 0 fully saturated rings. The lowest BCUT2D eigenvalue weighted by Gasteiger charge is -2.34. The molecule has 0 spiro atoms. The van der Waals surface area contributed by atoms with Crippen molar-refractivity contribution in [2.75, 3.05) is 4.90 Å². The Kier molecular flexibility index (Phi) is 7.44. The minimum Gasteiger partial charge on any atom is -0.310 e.